The van der Waals surface area contributed by atoms with Gasteiger partial charge in [0, 0.05) is 11.7 Å². The molecule has 1 aromatic rings. The average molecular weight is 244 g/mol. The first-order chi connectivity index (χ1) is 7.85. The Bertz CT molecular complexity index is 457. The zero-order chi connectivity index (χ0) is 12.6. The number of nitrogens with one attached hydrogen (secondary N) is 1. The number of nitrogens with two attached hydrogens (primary N) is 1. The molecule has 0 aromatic heterocycles. The Morgan fingerprint density at radius 2 is 2.12 bits per heavy atom. The number of amides is 1. The van der Waals surface area contributed by atoms with Gasteiger partial charge in [-0.1, -0.05) is 12.1 Å². The lowest BCUT2D eigenvalue weighted by Crippen LogP contribution is -2.20. The molecule has 0 fully saturated rings. The van der Waals surface area contributed by atoms with Crippen LogP contribution in [0.15, 0.2) is 18.2 Å². The van der Waals surface area contributed by atoms with Crippen molar-refractivity contribution in [1.29, 1.82) is 0 Å². The predicted octanol–water partition coefficient (Wildman–Crippen LogP) is 2.13. The molecule has 0 bridgehead atoms. The molecule has 92 valence electrons. The molecule has 0 spiro atoms. The van der Waals surface area contributed by atoms with E-state index in [2.05, 4.69) is 5.32 Å². The number of fused-ring (bicyclic) bond motifs is 1. The van der Waals surface area contributed by atoms with Gasteiger partial charge < -0.3 is 11.1 Å². The molecule has 1 heterocycles. The molecule has 1 aromatic carbocycles. The minimum Gasteiger partial charge on any atom is -0.326 e. The third kappa shape index (κ3) is 2.76. The SMILES string of the molecule is NC(CC(F)(F)F)c1ccc2c(c1)CC(=O)N2. The van der Waals surface area contributed by atoms with Crippen molar-refractivity contribution in [2.45, 2.75) is 25.1 Å². The summed E-state index contributed by atoms with van der Waals surface area (Å²) in [6.07, 6.45) is -5.15. The molecule has 0 saturated heterocycles. The number of benzene rings is 1. The van der Waals surface area contributed by atoms with Crippen LogP contribution < -0.4 is 11.1 Å². The fourth-order valence-corrected chi connectivity index (χ4v) is 1.85. The molecule has 1 aliphatic rings. The summed E-state index contributed by atoms with van der Waals surface area (Å²) in [5.74, 6) is -0.151. The normalized spacial score (nSPS) is 16.6. The van der Waals surface area contributed by atoms with Gasteiger partial charge in [0.2, 0.25) is 5.91 Å². The van der Waals surface area contributed by atoms with E-state index in [1.54, 1.807) is 12.1 Å². The quantitative estimate of drug-likeness (QED) is 0.837. The molecule has 2 rings (SSSR count). The second-order valence-corrected chi connectivity index (χ2v) is 4.07. The average Bonchev–Trinajstić information content (AvgIpc) is 2.53. The highest BCUT2D eigenvalue weighted by Crippen LogP contribution is 2.31. The number of alkyl halides is 3. The Kier molecular flexibility index (Phi) is 2.82. The summed E-state index contributed by atoms with van der Waals surface area (Å²) in [5, 5.41) is 2.61. The van der Waals surface area contributed by atoms with Gasteiger partial charge in [-0.15, -0.1) is 0 Å². The van der Waals surface area contributed by atoms with Crippen molar-refractivity contribution in [3.63, 3.8) is 0 Å². The number of hydrogen-bond acceptors (Lipinski definition) is 2. The molecule has 0 radical (unpaired) electrons. The summed E-state index contributed by atoms with van der Waals surface area (Å²) in [4.78, 5) is 11.1. The van der Waals surface area contributed by atoms with Gasteiger partial charge in [-0.3, -0.25) is 4.79 Å². The van der Waals surface area contributed by atoms with Crippen LogP contribution in [0.1, 0.15) is 23.6 Å². The van der Waals surface area contributed by atoms with Crippen LogP contribution in [-0.4, -0.2) is 12.1 Å². The van der Waals surface area contributed by atoms with Gasteiger partial charge in [-0.25, -0.2) is 0 Å². The van der Waals surface area contributed by atoms with Crippen molar-refractivity contribution >= 4 is 11.6 Å². The fourth-order valence-electron chi connectivity index (χ4n) is 1.85. The molecule has 1 amide bonds. The summed E-state index contributed by atoms with van der Waals surface area (Å²) >= 11 is 0. The third-order valence-corrected chi connectivity index (χ3v) is 2.63. The molecule has 3 N–H and O–H groups in total. The minimum atomic E-state index is -4.29. The number of hydrogen-bond donors (Lipinski definition) is 2. The summed E-state index contributed by atoms with van der Waals surface area (Å²) < 4.78 is 36.5. The van der Waals surface area contributed by atoms with Crippen LogP contribution in [0.2, 0.25) is 0 Å². The van der Waals surface area contributed by atoms with Crippen molar-refractivity contribution in [3.05, 3.63) is 29.3 Å². The zero-order valence-corrected chi connectivity index (χ0v) is 8.84. The molecular weight excluding hydrogens is 233 g/mol. The maximum atomic E-state index is 12.2. The zero-order valence-electron chi connectivity index (χ0n) is 8.84. The number of anilines is 1. The Morgan fingerprint density at radius 3 is 2.76 bits per heavy atom. The van der Waals surface area contributed by atoms with Crippen LogP contribution in [0.4, 0.5) is 18.9 Å². The highest BCUT2D eigenvalue weighted by Gasteiger charge is 2.31. The van der Waals surface area contributed by atoms with Crippen LogP contribution in [0.5, 0.6) is 0 Å². The molecule has 0 saturated carbocycles. The van der Waals surface area contributed by atoms with Crippen molar-refractivity contribution in [2.75, 3.05) is 5.32 Å². The summed E-state index contributed by atoms with van der Waals surface area (Å²) in [7, 11) is 0. The van der Waals surface area contributed by atoms with E-state index in [-0.39, 0.29) is 12.3 Å². The Hall–Kier alpha value is -1.56. The van der Waals surface area contributed by atoms with Gasteiger partial charge in [-0.2, -0.15) is 13.2 Å². The maximum Gasteiger partial charge on any atom is 0.390 e. The smallest absolute Gasteiger partial charge is 0.326 e. The van der Waals surface area contributed by atoms with Crippen LogP contribution in [-0.2, 0) is 11.2 Å². The van der Waals surface area contributed by atoms with Gasteiger partial charge in [0.25, 0.3) is 0 Å². The van der Waals surface area contributed by atoms with Crippen LogP contribution in [0.25, 0.3) is 0 Å². The second kappa shape index (κ2) is 4.03. The lowest BCUT2D eigenvalue weighted by Gasteiger charge is -2.15. The second-order valence-electron chi connectivity index (χ2n) is 4.07. The van der Waals surface area contributed by atoms with Gasteiger partial charge in [0.05, 0.1) is 12.8 Å². The molecule has 17 heavy (non-hydrogen) atoms. The van der Waals surface area contributed by atoms with Crippen LogP contribution in [0, 0.1) is 0 Å². The van der Waals surface area contributed by atoms with Crippen LogP contribution in [0.3, 0.4) is 0 Å². The van der Waals surface area contributed by atoms with E-state index in [1.807, 2.05) is 0 Å². The molecule has 3 nitrogen and oxygen atoms in total. The van der Waals surface area contributed by atoms with E-state index in [0.29, 0.717) is 16.8 Å². The predicted molar refractivity (Wildman–Crippen MR) is 56.4 cm³/mol. The Morgan fingerprint density at radius 1 is 1.41 bits per heavy atom. The van der Waals surface area contributed by atoms with Gasteiger partial charge in [0.1, 0.15) is 0 Å². The molecule has 6 heteroatoms. The van der Waals surface area contributed by atoms with E-state index < -0.39 is 18.6 Å². The van der Waals surface area contributed by atoms with E-state index in [1.165, 1.54) is 6.07 Å². The number of halogens is 3. The highest BCUT2D eigenvalue weighted by atomic mass is 19.4. The summed E-state index contributed by atoms with van der Waals surface area (Å²) in [5.41, 5.74) is 7.24. The molecule has 1 unspecified atom stereocenters. The first kappa shape index (κ1) is 11.9. The van der Waals surface area contributed by atoms with E-state index in [9.17, 15) is 18.0 Å². The first-order valence-electron chi connectivity index (χ1n) is 5.10. The monoisotopic (exact) mass is 244 g/mol. The lowest BCUT2D eigenvalue weighted by atomic mass is 10.0. The fraction of sp³-hybridized carbons (Fsp3) is 0.364. The van der Waals surface area contributed by atoms with E-state index in [0.717, 1.165) is 0 Å². The molecule has 0 aliphatic carbocycles. The van der Waals surface area contributed by atoms with Gasteiger partial charge >= 0.3 is 6.18 Å². The highest BCUT2D eigenvalue weighted by molar-refractivity contribution is 5.99. The Balaban J connectivity index is 2.18. The van der Waals surface area contributed by atoms with Crippen molar-refractivity contribution in [2.24, 2.45) is 5.73 Å². The van der Waals surface area contributed by atoms with Gasteiger partial charge in [-0.05, 0) is 17.2 Å². The molecular formula is C11H11F3N2O. The number of carbonyl (C=O) groups is 1. The minimum absolute atomic E-state index is 0.151. The molecule has 1 aliphatic heterocycles. The first-order valence-corrected chi connectivity index (χ1v) is 5.10. The van der Waals surface area contributed by atoms with Crippen LogP contribution >= 0.6 is 0 Å². The van der Waals surface area contributed by atoms with Gasteiger partial charge in [0.15, 0.2) is 0 Å². The van der Waals surface area contributed by atoms with Crippen molar-refractivity contribution in [3.8, 4) is 0 Å². The molecule has 1 atom stereocenters. The number of rotatable bonds is 2. The maximum absolute atomic E-state index is 12.2. The lowest BCUT2D eigenvalue weighted by molar-refractivity contribution is -0.138. The third-order valence-electron chi connectivity index (χ3n) is 2.63. The van der Waals surface area contributed by atoms with E-state index >= 15 is 0 Å². The van der Waals surface area contributed by atoms with E-state index in [4.69, 9.17) is 5.73 Å². The van der Waals surface area contributed by atoms with Crippen molar-refractivity contribution in [1.82, 2.24) is 0 Å². The van der Waals surface area contributed by atoms with Crippen molar-refractivity contribution < 1.29 is 18.0 Å². The topological polar surface area (TPSA) is 55.1 Å². The summed E-state index contributed by atoms with van der Waals surface area (Å²) in [6.45, 7) is 0. The summed E-state index contributed by atoms with van der Waals surface area (Å²) in [6, 6.07) is 3.58. The number of carbonyl (C=O) groups excluding carboxylic acids is 1. The largest absolute Gasteiger partial charge is 0.390 e. The Labute approximate surface area is 95.8 Å². The standard InChI is InChI=1S/C11H11F3N2O/c12-11(13,14)5-8(15)6-1-2-9-7(3-6)4-10(17)16-9/h1-3,8H,4-5,15H2,(H,16,17).